The van der Waals surface area contributed by atoms with Crippen LogP contribution in [-0.4, -0.2) is 41.1 Å². The maximum atomic E-state index is 13.1. The van der Waals surface area contributed by atoms with Gasteiger partial charge in [0, 0.05) is 23.5 Å². The highest BCUT2D eigenvalue weighted by Crippen LogP contribution is 2.55. The van der Waals surface area contributed by atoms with Crippen molar-refractivity contribution in [2.24, 2.45) is 23.7 Å². The Bertz CT molecular complexity index is 784. The number of hydrogen-bond donors (Lipinski definition) is 1. The molecule has 4 nitrogen and oxygen atoms in total. The fourth-order valence-electron chi connectivity index (χ4n) is 6.65. The average molecular weight is 427 g/mol. The van der Waals surface area contributed by atoms with Crippen molar-refractivity contribution in [3.8, 4) is 0 Å². The molecule has 1 N–H and O–H groups in total. The van der Waals surface area contributed by atoms with Gasteiger partial charge in [0.1, 0.15) is 0 Å². The molecule has 1 aromatic rings. The van der Waals surface area contributed by atoms with E-state index < -0.39 is 0 Å². The van der Waals surface area contributed by atoms with Crippen LogP contribution in [-0.2, 0) is 4.79 Å². The fourth-order valence-corrected chi connectivity index (χ4v) is 7.49. The summed E-state index contributed by atoms with van der Waals surface area (Å²) in [7, 11) is 0. The smallest absolute Gasteiger partial charge is 0.254 e. The van der Waals surface area contributed by atoms with Crippen LogP contribution < -0.4 is 5.32 Å². The van der Waals surface area contributed by atoms with Crippen LogP contribution in [0.2, 0.25) is 0 Å². The molecule has 0 aliphatic heterocycles. The first-order chi connectivity index (χ1) is 14.5. The van der Waals surface area contributed by atoms with Gasteiger partial charge in [0.25, 0.3) is 5.91 Å². The standard InChI is InChI=1S/C25H34N2O2S/c1-2-27(15-17-7-8-17)24(29)21-5-3-4-6-22(21)30-16-23(28)26-25-12-18-9-19(13-25)11-20(10-18)14-25/h3-6,17-20H,2,7-16H2,1H3,(H,26,28). The van der Waals surface area contributed by atoms with Gasteiger partial charge in [-0.05, 0) is 94.1 Å². The Kier molecular flexibility index (Phi) is 5.59. The molecule has 30 heavy (non-hydrogen) atoms. The maximum absolute atomic E-state index is 13.1. The number of rotatable bonds is 8. The van der Waals surface area contributed by atoms with Crippen molar-refractivity contribution in [3.05, 3.63) is 29.8 Å². The van der Waals surface area contributed by atoms with E-state index in [0.29, 0.717) is 11.7 Å². The minimum Gasteiger partial charge on any atom is -0.350 e. The number of nitrogens with one attached hydrogen (secondary N) is 1. The largest absolute Gasteiger partial charge is 0.350 e. The second-order valence-electron chi connectivity index (χ2n) is 10.3. The SMILES string of the molecule is CCN(CC1CC1)C(=O)c1ccccc1SCC(=O)NC12CC3CC(CC(C3)C1)C2. The third-order valence-electron chi connectivity index (χ3n) is 7.76. The van der Waals surface area contributed by atoms with Crippen molar-refractivity contribution in [3.63, 3.8) is 0 Å². The zero-order valence-corrected chi connectivity index (χ0v) is 18.9. The maximum Gasteiger partial charge on any atom is 0.254 e. The molecule has 5 fully saturated rings. The van der Waals surface area contributed by atoms with Crippen LogP contribution in [0.5, 0.6) is 0 Å². The predicted molar refractivity (Wildman–Crippen MR) is 121 cm³/mol. The Morgan fingerprint density at radius 1 is 1.07 bits per heavy atom. The number of amides is 2. The molecule has 0 atom stereocenters. The van der Waals surface area contributed by atoms with Gasteiger partial charge in [-0.2, -0.15) is 0 Å². The molecule has 1 aromatic carbocycles. The van der Waals surface area contributed by atoms with Crippen LogP contribution in [0.4, 0.5) is 0 Å². The number of nitrogens with zero attached hydrogens (tertiary/aromatic N) is 1. The van der Waals surface area contributed by atoms with Gasteiger partial charge in [0.15, 0.2) is 0 Å². The summed E-state index contributed by atoms with van der Waals surface area (Å²) in [4.78, 5) is 28.9. The average Bonchev–Trinajstić information content (AvgIpc) is 3.53. The molecule has 162 valence electrons. The lowest BCUT2D eigenvalue weighted by Gasteiger charge is -2.56. The molecule has 4 bridgehead atoms. The molecular weight excluding hydrogens is 392 g/mol. The van der Waals surface area contributed by atoms with Crippen molar-refractivity contribution in [2.75, 3.05) is 18.8 Å². The third kappa shape index (κ3) is 4.28. The summed E-state index contributed by atoms with van der Waals surface area (Å²) in [5, 5.41) is 3.46. The van der Waals surface area contributed by atoms with E-state index in [0.717, 1.165) is 41.3 Å². The van der Waals surface area contributed by atoms with Crippen LogP contribution in [0.3, 0.4) is 0 Å². The Labute approximate surface area is 184 Å². The zero-order valence-electron chi connectivity index (χ0n) is 18.1. The van der Waals surface area contributed by atoms with Gasteiger partial charge in [-0.1, -0.05) is 12.1 Å². The zero-order chi connectivity index (χ0) is 20.7. The Morgan fingerprint density at radius 3 is 2.30 bits per heavy atom. The second-order valence-corrected chi connectivity index (χ2v) is 11.3. The summed E-state index contributed by atoms with van der Waals surface area (Å²) in [5.74, 6) is 3.79. The fraction of sp³-hybridized carbons (Fsp3) is 0.680. The molecule has 0 saturated heterocycles. The van der Waals surface area contributed by atoms with E-state index in [1.807, 2.05) is 29.2 Å². The molecule has 5 aliphatic carbocycles. The molecule has 0 unspecified atom stereocenters. The van der Waals surface area contributed by atoms with Gasteiger partial charge in [-0.3, -0.25) is 9.59 Å². The molecule has 0 spiro atoms. The van der Waals surface area contributed by atoms with E-state index >= 15 is 0 Å². The Hall–Kier alpha value is -1.49. The number of carbonyl (C=O) groups excluding carboxylic acids is 2. The Balaban J connectivity index is 1.21. The number of benzene rings is 1. The first-order valence-electron chi connectivity index (χ1n) is 11.9. The van der Waals surface area contributed by atoms with Crippen molar-refractivity contribution < 1.29 is 9.59 Å². The highest BCUT2D eigenvalue weighted by atomic mass is 32.2. The summed E-state index contributed by atoms with van der Waals surface area (Å²) >= 11 is 1.51. The van der Waals surface area contributed by atoms with E-state index in [-0.39, 0.29) is 17.4 Å². The van der Waals surface area contributed by atoms with E-state index in [1.54, 1.807) is 0 Å². The van der Waals surface area contributed by atoms with Gasteiger partial charge >= 0.3 is 0 Å². The molecule has 5 heteroatoms. The first-order valence-corrected chi connectivity index (χ1v) is 12.8. The second kappa shape index (κ2) is 8.22. The summed E-state index contributed by atoms with van der Waals surface area (Å²) in [5.41, 5.74) is 0.804. The van der Waals surface area contributed by atoms with E-state index in [1.165, 1.54) is 63.1 Å². The molecule has 0 aromatic heterocycles. The minimum atomic E-state index is 0.0605. The lowest BCUT2D eigenvalue weighted by Crippen LogP contribution is -2.60. The molecular formula is C25H34N2O2S. The number of thioether (sulfide) groups is 1. The van der Waals surface area contributed by atoms with Crippen molar-refractivity contribution in [1.82, 2.24) is 10.2 Å². The quantitative estimate of drug-likeness (QED) is 0.611. The highest BCUT2D eigenvalue weighted by molar-refractivity contribution is 8.00. The van der Waals surface area contributed by atoms with E-state index in [9.17, 15) is 9.59 Å². The highest BCUT2D eigenvalue weighted by Gasteiger charge is 2.51. The topological polar surface area (TPSA) is 49.4 Å². The molecule has 0 radical (unpaired) electrons. The van der Waals surface area contributed by atoms with E-state index in [4.69, 9.17) is 0 Å². The normalized spacial score (nSPS) is 31.6. The molecule has 6 rings (SSSR count). The van der Waals surface area contributed by atoms with E-state index in [2.05, 4.69) is 12.2 Å². The lowest BCUT2D eigenvalue weighted by molar-refractivity contribution is -0.124. The lowest BCUT2D eigenvalue weighted by atomic mass is 9.53. The van der Waals surface area contributed by atoms with Gasteiger partial charge in [-0.15, -0.1) is 11.8 Å². The van der Waals surface area contributed by atoms with Gasteiger partial charge in [-0.25, -0.2) is 0 Å². The predicted octanol–water partition coefficient (Wildman–Crippen LogP) is 4.74. The van der Waals surface area contributed by atoms with Crippen LogP contribution in [0.1, 0.15) is 68.6 Å². The van der Waals surface area contributed by atoms with Gasteiger partial charge < -0.3 is 10.2 Å². The van der Waals surface area contributed by atoms with Gasteiger partial charge in [0.2, 0.25) is 5.91 Å². The Morgan fingerprint density at radius 2 is 1.70 bits per heavy atom. The number of carbonyl (C=O) groups is 2. The third-order valence-corrected chi connectivity index (χ3v) is 8.84. The number of hydrogen-bond acceptors (Lipinski definition) is 3. The molecule has 0 heterocycles. The van der Waals surface area contributed by atoms with Crippen molar-refractivity contribution in [1.29, 1.82) is 0 Å². The molecule has 5 aliphatic rings. The first kappa shape index (κ1) is 20.4. The summed E-state index contributed by atoms with van der Waals surface area (Å²) < 4.78 is 0. The van der Waals surface area contributed by atoms with Crippen LogP contribution in [0.25, 0.3) is 0 Å². The van der Waals surface area contributed by atoms with Crippen LogP contribution >= 0.6 is 11.8 Å². The van der Waals surface area contributed by atoms with Crippen molar-refractivity contribution in [2.45, 2.75) is 68.7 Å². The summed E-state index contributed by atoms with van der Waals surface area (Å²) in [6.45, 7) is 3.65. The molecule has 5 saturated carbocycles. The van der Waals surface area contributed by atoms with Crippen molar-refractivity contribution >= 4 is 23.6 Å². The minimum absolute atomic E-state index is 0.0605. The molecule has 2 amide bonds. The van der Waals surface area contributed by atoms with Crippen LogP contribution in [0.15, 0.2) is 29.2 Å². The summed E-state index contributed by atoms with van der Waals surface area (Å²) in [6.07, 6.45) is 10.2. The van der Waals surface area contributed by atoms with Gasteiger partial charge in [0.05, 0.1) is 11.3 Å². The summed E-state index contributed by atoms with van der Waals surface area (Å²) in [6, 6.07) is 7.79. The monoisotopic (exact) mass is 426 g/mol. The van der Waals surface area contributed by atoms with Crippen LogP contribution in [0, 0.1) is 23.7 Å².